The molecule has 1 aromatic heterocycles. The summed E-state index contributed by atoms with van der Waals surface area (Å²) in [6.07, 6.45) is 5.69. The molecule has 18 heavy (non-hydrogen) atoms. The summed E-state index contributed by atoms with van der Waals surface area (Å²) >= 11 is 0. The van der Waals surface area contributed by atoms with E-state index in [4.69, 9.17) is 4.74 Å². The number of pyridine rings is 1. The average Bonchev–Trinajstić information content (AvgIpc) is 3.21. The molecule has 4 nitrogen and oxygen atoms in total. The topological polar surface area (TPSA) is 54.4 Å². The summed E-state index contributed by atoms with van der Waals surface area (Å²) in [5, 5.41) is 13.1. The van der Waals surface area contributed by atoms with Crippen molar-refractivity contribution in [3.05, 3.63) is 30.1 Å². The van der Waals surface area contributed by atoms with E-state index in [-0.39, 0.29) is 6.04 Å². The van der Waals surface area contributed by atoms with Crippen LogP contribution in [0.1, 0.15) is 31.4 Å². The van der Waals surface area contributed by atoms with Gasteiger partial charge in [0.25, 0.3) is 0 Å². The molecule has 1 aromatic rings. The van der Waals surface area contributed by atoms with Gasteiger partial charge in [0.1, 0.15) is 0 Å². The molecule has 100 valence electrons. The molecule has 0 aromatic carbocycles. The minimum Gasteiger partial charge on any atom is -0.389 e. The van der Waals surface area contributed by atoms with Crippen molar-refractivity contribution in [1.82, 2.24) is 10.3 Å². The van der Waals surface area contributed by atoms with E-state index in [1.165, 1.54) is 18.4 Å². The zero-order chi connectivity index (χ0) is 12.8. The fourth-order valence-electron chi connectivity index (χ4n) is 1.80. The van der Waals surface area contributed by atoms with Gasteiger partial charge in [0.05, 0.1) is 12.7 Å². The maximum absolute atomic E-state index is 9.78. The smallest absolute Gasteiger partial charge is 0.0897 e. The quantitative estimate of drug-likeness (QED) is 0.734. The van der Waals surface area contributed by atoms with Crippen LogP contribution in [0.15, 0.2) is 24.5 Å². The van der Waals surface area contributed by atoms with Gasteiger partial charge in [0.15, 0.2) is 0 Å². The van der Waals surface area contributed by atoms with Gasteiger partial charge < -0.3 is 15.2 Å². The van der Waals surface area contributed by atoms with E-state index in [0.29, 0.717) is 13.2 Å². The highest BCUT2D eigenvalue weighted by molar-refractivity contribution is 5.13. The van der Waals surface area contributed by atoms with Crippen LogP contribution in [0.4, 0.5) is 0 Å². The SMILES string of the molecule is C[C@@H](NCC(O)COCC1CC1)c1ccncc1. The molecule has 1 fully saturated rings. The lowest BCUT2D eigenvalue weighted by atomic mass is 10.1. The van der Waals surface area contributed by atoms with Gasteiger partial charge in [-0.15, -0.1) is 0 Å². The molecule has 2 N–H and O–H groups in total. The number of hydrogen-bond acceptors (Lipinski definition) is 4. The number of aliphatic hydroxyl groups excluding tert-OH is 1. The number of nitrogens with zero attached hydrogens (tertiary/aromatic N) is 1. The summed E-state index contributed by atoms with van der Waals surface area (Å²) in [7, 11) is 0. The van der Waals surface area contributed by atoms with Crippen molar-refractivity contribution in [1.29, 1.82) is 0 Å². The maximum Gasteiger partial charge on any atom is 0.0897 e. The molecule has 1 aliphatic rings. The van der Waals surface area contributed by atoms with E-state index in [1.54, 1.807) is 12.4 Å². The first kappa shape index (κ1) is 13.5. The molecular weight excluding hydrogens is 228 g/mol. The first-order valence-electron chi connectivity index (χ1n) is 6.65. The van der Waals surface area contributed by atoms with Gasteiger partial charge in [0.2, 0.25) is 0 Å². The summed E-state index contributed by atoms with van der Waals surface area (Å²) in [6, 6.07) is 4.17. The van der Waals surface area contributed by atoms with E-state index < -0.39 is 6.10 Å². The van der Waals surface area contributed by atoms with Crippen molar-refractivity contribution in [3.63, 3.8) is 0 Å². The molecule has 0 radical (unpaired) electrons. The molecule has 1 saturated carbocycles. The number of hydrogen-bond donors (Lipinski definition) is 2. The molecule has 0 bridgehead atoms. The van der Waals surface area contributed by atoms with E-state index in [2.05, 4.69) is 17.2 Å². The number of nitrogens with one attached hydrogen (secondary N) is 1. The van der Waals surface area contributed by atoms with Crippen LogP contribution in [0.2, 0.25) is 0 Å². The Morgan fingerprint density at radius 3 is 2.83 bits per heavy atom. The minimum atomic E-state index is -0.437. The number of aliphatic hydroxyl groups is 1. The highest BCUT2D eigenvalue weighted by Gasteiger charge is 2.21. The van der Waals surface area contributed by atoms with Crippen LogP contribution in [-0.4, -0.2) is 36.0 Å². The van der Waals surface area contributed by atoms with Crippen LogP contribution in [-0.2, 0) is 4.74 Å². The van der Waals surface area contributed by atoms with Gasteiger partial charge in [0, 0.05) is 31.6 Å². The first-order chi connectivity index (χ1) is 8.75. The molecule has 4 heteroatoms. The fourth-order valence-corrected chi connectivity index (χ4v) is 1.80. The van der Waals surface area contributed by atoms with Crippen LogP contribution >= 0.6 is 0 Å². The standard InChI is InChI=1S/C14H22N2O2/c1-11(13-4-6-15-7-5-13)16-8-14(17)10-18-9-12-2-3-12/h4-7,11-12,14,16-17H,2-3,8-10H2,1H3/t11-,14?/m1/s1. The highest BCUT2D eigenvalue weighted by atomic mass is 16.5. The summed E-state index contributed by atoms with van der Waals surface area (Å²) in [5.74, 6) is 0.751. The Bertz CT molecular complexity index is 341. The van der Waals surface area contributed by atoms with Crippen molar-refractivity contribution < 1.29 is 9.84 Å². The molecule has 2 atom stereocenters. The van der Waals surface area contributed by atoms with Crippen LogP contribution in [0.5, 0.6) is 0 Å². The van der Waals surface area contributed by atoms with Crippen molar-refractivity contribution in [2.24, 2.45) is 5.92 Å². The first-order valence-corrected chi connectivity index (χ1v) is 6.65. The lowest BCUT2D eigenvalue weighted by molar-refractivity contribution is 0.0315. The number of aromatic nitrogens is 1. The summed E-state index contributed by atoms with van der Waals surface area (Å²) in [5.41, 5.74) is 1.18. The lowest BCUT2D eigenvalue weighted by Crippen LogP contribution is -2.32. The molecule has 0 aliphatic heterocycles. The Balaban J connectivity index is 1.60. The molecular formula is C14H22N2O2. The van der Waals surface area contributed by atoms with Gasteiger partial charge in [-0.1, -0.05) is 0 Å². The van der Waals surface area contributed by atoms with Crippen molar-refractivity contribution >= 4 is 0 Å². The predicted molar refractivity (Wildman–Crippen MR) is 70.2 cm³/mol. The minimum absolute atomic E-state index is 0.214. The molecule has 2 rings (SSSR count). The van der Waals surface area contributed by atoms with Crippen molar-refractivity contribution in [2.75, 3.05) is 19.8 Å². The Hall–Kier alpha value is -0.970. The van der Waals surface area contributed by atoms with Crippen molar-refractivity contribution in [2.45, 2.75) is 31.9 Å². The Morgan fingerprint density at radius 1 is 1.44 bits per heavy atom. The third kappa shape index (κ3) is 4.72. The molecule has 1 aliphatic carbocycles. The van der Waals surface area contributed by atoms with Crippen LogP contribution in [0.25, 0.3) is 0 Å². The van der Waals surface area contributed by atoms with Crippen LogP contribution < -0.4 is 5.32 Å². The lowest BCUT2D eigenvalue weighted by Gasteiger charge is -2.17. The number of ether oxygens (including phenoxy) is 1. The van der Waals surface area contributed by atoms with Crippen LogP contribution in [0.3, 0.4) is 0 Å². The van der Waals surface area contributed by atoms with E-state index in [0.717, 1.165) is 12.5 Å². The Labute approximate surface area is 108 Å². The molecule has 1 heterocycles. The number of rotatable bonds is 8. The second-order valence-electron chi connectivity index (χ2n) is 5.05. The third-order valence-corrected chi connectivity index (χ3v) is 3.23. The van der Waals surface area contributed by atoms with Crippen molar-refractivity contribution in [3.8, 4) is 0 Å². The molecule has 1 unspecified atom stereocenters. The molecule has 0 saturated heterocycles. The van der Waals surface area contributed by atoms with Gasteiger partial charge in [-0.25, -0.2) is 0 Å². The highest BCUT2D eigenvalue weighted by Crippen LogP contribution is 2.28. The summed E-state index contributed by atoms with van der Waals surface area (Å²) < 4.78 is 5.46. The Kier molecular flexibility index (Phi) is 5.11. The third-order valence-electron chi connectivity index (χ3n) is 3.23. The average molecular weight is 250 g/mol. The van der Waals surface area contributed by atoms with E-state index in [9.17, 15) is 5.11 Å². The van der Waals surface area contributed by atoms with E-state index >= 15 is 0 Å². The van der Waals surface area contributed by atoms with Crippen LogP contribution in [0, 0.1) is 5.92 Å². The van der Waals surface area contributed by atoms with Gasteiger partial charge in [-0.3, -0.25) is 4.98 Å². The molecule has 0 spiro atoms. The zero-order valence-corrected chi connectivity index (χ0v) is 10.9. The normalized spacial score (nSPS) is 18.6. The van der Waals surface area contributed by atoms with Gasteiger partial charge in [-0.05, 0) is 43.4 Å². The monoisotopic (exact) mass is 250 g/mol. The maximum atomic E-state index is 9.78. The predicted octanol–water partition coefficient (Wildman–Crippen LogP) is 1.52. The fraction of sp³-hybridized carbons (Fsp3) is 0.643. The van der Waals surface area contributed by atoms with Gasteiger partial charge in [-0.2, -0.15) is 0 Å². The Morgan fingerprint density at radius 2 is 2.17 bits per heavy atom. The second-order valence-corrected chi connectivity index (χ2v) is 5.05. The van der Waals surface area contributed by atoms with Gasteiger partial charge >= 0.3 is 0 Å². The summed E-state index contributed by atoms with van der Waals surface area (Å²) in [4.78, 5) is 3.99. The summed E-state index contributed by atoms with van der Waals surface area (Å²) in [6.45, 7) is 3.85. The largest absolute Gasteiger partial charge is 0.389 e. The van der Waals surface area contributed by atoms with E-state index in [1.807, 2.05) is 12.1 Å². The zero-order valence-electron chi connectivity index (χ0n) is 10.9. The molecule has 0 amide bonds. The second kappa shape index (κ2) is 6.83.